The van der Waals surface area contributed by atoms with E-state index >= 15 is 0 Å². The molecule has 0 aliphatic rings. The number of nitrogens with one attached hydrogen (secondary N) is 1. The van der Waals surface area contributed by atoms with Crippen molar-refractivity contribution in [3.63, 3.8) is 0 Å². The summed E-state index contributed by atoms with van der Waals surface area (Å²) in [6.45, 7) is 9.30. The Bertz CT molecular complexity index is 633. The number of rotatable bonds is 7. The molecule has 22 heavy (non-hydrogen) atoms. The Morgan fingerprint density at radius 3 is 2.73 bits per heavy atom. The van der Waals surface area contributed by atoms with E-state index < -0.39 is 0 Å². The van der Waals surface area contributed by atoms with Gasteiger partial charge >= 0.3 is 0 Å². The second-order valence-corrected chi connectivity index (χ2v) is 6.31. The van der Waals surface area contributed by atoms with Crippen LogP contribution in [0, 0.1) is 5.92 Å². The molecule has 5 heteroatoms. The number of aromatic nitrogens is 3. The third-order valence-electron chi connectivity index (χ3n) is 3.87. The summed E-state index contributed by atoms with van der Waals surface area (Å²) in [5.74, 6) is 0.677. The molecular formula is C17H26N4O. The van der Waals surface area contributed by atoms with Crippen LogP contribution in [-0.2, 0) is 6.54 Å². The van der Waals surface area contributed by atoms with Crippen molar-refractivity contribution < 1.29 is 4.79 Å². The molecular weight excluding hydrogens is 276 g/mol. The maximum atomic E-state index is 12.3. The maximum Gasteiger partial charge on any atom is 0.251 e. The quantitative estimate of drug-likeness (QED) is 0.852. The van der Waals surface area contributed by atoms with Crippen LogP contribution in [-0.4, -0.2) is 26.9 Å². The standard InChI is InChI=1S/C17H26N4O/c1-5-21-16-10-9-14(11-15(16)19-20-21)17(22)18-13(4)8-6-7-12(2)3/h9-13H,5-8H2,1-4H3,(H,18,22). The summed E-state index contributed by atoms with van der Waals surface area (Å²) < 4.78 is 1.82. The number of carbonyl (C=O) groups excluding carboxylic acids is 1. The monoisotopic (exact) mass is 302 g/mol. The average Bonchev–Trinajstić information content (AvgIpc) is 2.88. The van der Waals surface area contributed by atoms with E-state index in [0.29, 0.717) is 11.5 Å². The van der Waals surface area contributed by atoms with Crippen LogP contribution in [0.4, 0.5) is 0 Å². The molecule has 1 heterocycles. The molecule has 0 radical (unpaired) electrons. The molecule has 120 valence electrons. The Morgan fingerprint density at radius 2 is 2.05 bits per heavy atom. The molecule has 1 aromatic carbocycles. The first-order chi connectivity index (χ1) is 10.5. The molecule has 1 amide bonds. The fourth-order valence-corrected chi connectivity index (χ4v) is 2.56. The van der Waals surface area contributed by atoms with E-state index in [2.05, 4.69) is 36.4 Å². The lowest BCUT2D eigenvalue weighted by molar-refractivity contribution is 0.0938. The van der Waals surface area contributed by atoms with E-state index in [-0.39, 0.29) is 11.9 Å². The first-order valence-corrected chi connectivity index (χ1v) is 8.15. The summed E-state index contributed by atoms with van der Waals surface area (Å²) in [5.41, 5.74) is 2.37. The maximum absolute atomic E-state index is 12.3. The largest absolute Gasteiger partial charge is 0.350 e. The molecule has 0 bridgehead atoms. The zero-order valence-corrected chi connectivity index (χ0v) is 14.0. The van der Waals surface area contributed by atoms with Crippen LogP contribution in [0.3, 0.4) is 0 Å². The van der Waals surface area contributed by atoms with Gasteiger partial charge in [-0.05, 0) is 44.4 Å². The van der Waals surface area contributed by atoms with Crippen molar-refractivity contribution in [1.29, 1.82) is 0 Å². The molecule has 0 fully saturated rings. The molecule has 0 aliphatic heterocycles. The SMILES string of the molecule is CCn1nnc2cc(C(=O)NC(C)CCCC(C)C)ccc21. The van der Waals surface area contributed by atoms with Crippen molar-refractivity contribution in [3.8, 4) is 0 Å². The number of hydrogen-bond acceptors (Lipinski definition) is 3. The normalized spacial score (nSPS) is 12.8. The molecule has 1 unspecified atom stereocenters. The van der Waals surface area contributed by atoms with Crippen molar-refractivity contribution in [1.82, 2.24) is 20.3 Å². The minimum atomic E-state index is -0.0370. The smallest absolute Gasteiger partial charge is 0.251 e. The van der Waals surface area contributed by atoms with Gasteiger partial charge in [-0.2, -0.15) is 0 Å². The molecule has 0 saturated carbocycles. The Labute approximate surface area is 132 Å². The van der Waals surface area contributed by atoms with Crippen LogP contribution in [0.15, 0.2) is 18.2 Å². The first kappa shape index (κ1) is 16.5. The van der Waals surface area contributed by atoms with E-state index in [4.69, 9.17) is 0 Å². The Balaban J connectivity index is 1.97. The lowest BCUT2D eigenvalue weighted by atomic mass is 10.0. The van der Waals surface area contributed by atoms with Crippen LogP contribution >= 0.6 is 0 Å². The molecule has 1 atom stereocenters. The summed E-state index contributed by atoms with van der Waals surface area (Å²) in [5, 5.41) is 11.2. The summed E-state index contributed by atoms with van der Waals surface area (Å²) in [6, 6.07) is 5.75. The van der Waals surface area contributed by atoms with Crippen LogP contribution < -0.4 is 5.32 Å². The molecule has 1 N–H and O–H groups in total. The van der Waals surface area contributed by atoms with Gasteiger partial charge < -0.3 is 5.32 Å². The third kappa shape index (κ3) is 4.06. The molecule has 2 aromatic rings. The molecule has 0 aliphatic carbocycles. The third-order valence-corrected chi connectivity index (χ3v) is 3.87. The van der Waals surface area contributed by atoms with Gasteiger partial charge in [-0.3, -0.25) is 4.79 Å². The fourth-order valence-electron chi connectivity index (χ4n) is 2.56. The van der Waals surface area contributed by atoms with Crippen molar-refractivity contribution in [3.05, 3.63) is 23.8 Å². The number of hydrogen-bond donors (Lipinski definition) is 1. The average molecular weight is 302 g/mol. The van der Waals surface area contributed by atoms with Gasteiger partial charge in [-0.15, -0.1) is 5.10 Å². The van der Waals surface area contributed by atoms with E-state index in [9.17, 15) is 4.79 Å². The van der Waals surface area contributed by atoms with Crippen molar-refractivity contribution in [2.45, 2.75) is 59.5 Å². The second kappa shape index (κ2) is 7.38. The lowest BCUT2D eigenvalue weighted by Crippen LogP contribution is -2.32. The minimum absolute atomic E-state index is 0.0370. The topological polar surface area (TPSA) is 59.8 Å². The van der Waals surface area contributed by atoms with Gasteiger partial charge in [0.1, 0.15) is 5.52 Å². The highest BCUT2D eigenvalue weighted by atomic mass is 16.1. The predicted octanol–water partition coefficient (Wildman–Crippen LogP) is 3.40. The molecule has 0 saturated heterocycles. The van der Waals surface area contributed by atoms with Crippen molar-refractivity contribution in [2.75, 3.05) is 0 Å². The fraction of sp³-hybridized carbons (Fsp3) is 0.588. The van der Waals surface area contributed by atoms with Gasteiger partial charge in [-0.25, -0.2) is 4.68 Å². The Hall–Kier alpha value is -1.91. The highest BCUT2D eigenvalue weighted by Gasteiger charge is 2.12. The van der Waals surface area contributed by atoms with Crippen LogP contribution in [0.1, 0.15) is 57.3 Å². The summed E-state index contributed by atoms with van der Waals surface area (Å²) >= 11 is 0. The van der Waals surface area contributed by atoms with Gasteiger partial charge in [0.25, 0.3) is 5.91 Å². The summed E-state index contributed by atoms with van der Waals surface area (Å²) in [6.07, 6.45) is 3.35. The van der Waals surface area contributed by atoms with Gasteiger partial charge in [0.2, 0.25) is 0 Å². The second-order valence-electron chi connectivity index (χ2n) is 6.31. The highest BCUT2D eigenvalue weighted by molar-refractivity contribution is 5.97. The molecule has 2 rings (SSSR count). The Kier molecular flexibility index (Phi) is 5.52. The Morgan fingerprint density at radius 1 is 1.27 bits per heavy atom. The van der Waals surface area contributed by atoms with E-state index in [1.807, 2.05) is 29.8 Å². The number of nitrogens with zero attached hydrogens (tertiary/aromatic N) is 3. The zero-order chi connectivity index (χ0) is 16.1. The summed E-state index contributed by atoms with van der Waals surface area (Å²) in [7, 11) is 0. The number of carbonyl (C=O) groups is 1. The number of aryl methyl sites for hydroxylation is 1. The molecule has 0 spiro atoms. The van der Waals surface area contributed by atoms with Gasteiger partial charge in [0.05, 0.1) is 5.52 Å². The highest BCUT2D eigenvalue weighted by Crippen LogP contribution is 2.14. The lowest BCUT2D eigenvalue weighted by Gasteiger charge is -2.14. The van der Waals surface area contributed by atoms with Gasteiger partial charge in [0, 0.05) is 18.2 Å². The van der Waals surface area contributed by atoms with Crippen molar-refractivity contribution in [2.24, 2.45) is 5.92 Å². The zero-order valence-electron chi connectivity index (χ0n) is 14.0. The first-order valence-electron chi connectivity index (χ1n) is 8.15. The predicted molar refractivity (Wildman–Crippen MR) is 88.8 cm³/mol. The van der Waals surface area contributed by atoms with Crippen LogP contribution in [0.25, 0.3) is 11.0 Å². The van der Waals surface area contributed by atoms with Crippen molar-refractivity contribution >= 4 is 16.9 Å². The minimum Gasteiger partial charge on any atom is -0.350 e. The molecule has 5 nitrogen and oxygen atoms in total. The van der Waals surface area contributed by atoms with Gasteiger partial charge in [-0.1, -0.05) is 31.9 Å². The van der Waals surface area contributed by atoms with E-state index in [1.165, 1.54) is 6.42 Å². The van der Waals surface area contributed by atoms with Gasteiger partial charge in [0.15, 0.2) is 0 Å². The number of fused-ring (bicyclic) bond motifs is 1. The summed E-state index contributed by atoms with van der Waals surface area (Å²) in [4.78, 5) is 12.3. The number of benzene rings is 1. The van der Waals surface area contributed by atoms with E-state index in [0.717, 1.165) is 30.4 Å². The molecule has 1 aromatic heterocycles. The van der Waals surface area contributed by atoms with E-state index in [1.54, 1.807) is 0 Å². The van der Waals surface area contributed by atoms with Crippen LogP contribution in [0.5, 0.6) is 0 Å². The number of amides is 1. The van der Waals surface area contributed by atoms with Crippen LogP contribution in [0.2, 0.25) is 0 Å².